The van der Waals surface area contributed by atoms with Crippen molar-refractivity contribution >= 4 is 5.91 Å². The van der Waals surface area contributed by atoms with Gasteiger partial charge in [-0.2, -0.15) is 0 Å². The molecule has 0 radical (unpaired) electrons. The van der Waals surface area contributed by atoms with Crippen LogP contribution in [0.2, 0.25) is 0 Å². The lowest BCUT2D eigenvalue weighted by Gasteiger charge is -2.08. The van der Waals surface area contributed by atoms with Gasteiger partial charge in [0, 0.05) is 0 Å². The fourth-order valence-electron chi connectivity index (χ4n) is 1.47. The molecule has 0 aromatic carbocycles. The molecule has 1 heterocycles. The topological polar surface area (TPSA) is 73.8 Å². The first-order valence-electron chi connectivity index (χ1n) is 5.42. The van der Waals surface area contributed by atoms with Crippen molar-refractivity contribution < 1.29 is 13.6 Å². The Morgan fingerprint density at radius 3 is 2.59 bits per heavy atom. The predicted molar refractivity (Wildman–Crippen MR) is 57.7 cm³/mol. The molecule has 2 N–H and O–H groups in total. The summed E-state index contributed by atoms with van der Waals surface area (Å²) in [5, 5.41) is 7.09. The maximum Gasteiger partial charge on any atom is 0.271 e. The van der Waals surface area contributed by atoms with Gasteiger partial charge >= 0.3 is 0 Å². The Morgan fingerprint density at radius 1 is 1.47 bits per heavy atom. The van der Waals surface area contributed by atoms with Crippen molar-refractivity contribution in [1.29, 1.82) is 0 Å². The number of nitrogens with zero attached hydrogens (tertiary/aromatic N) is 3. The first-order valence-corrected chi connectivity index (χ1v) is 5.42. The molecule has 0 aliphatic heterocycles. The van der Waals surface area contributed by atoms with Crippen molar-refractivity contribution in [3.05, 3.63) is 11.4 Å². The summed E-state index contributed by atoms with van der Waals surface area (Å²) in [4.78, 5) is 11.1. The predicted octanol–water partition coefficient (Wildman–Crippen LogP) is 1.23. The fourth-order valence-corrected chi connectivity index (χ4v) is 1.47. The minimum absolute atomic E-state index is 0.00806. The number of halogens is 2. The van der Waals surface area contributed by atoms with E-state index in [1.807, 2.05) is 13.8 Å². The van der Waals surface area contributed by atoms with Crippen LogP contribution in [0.15, 0.2) is 0 Å². The van der Waals surface area contributed by atoms with Crippen LogP contribution in [0.25, 0.3) is 0 Å². The first-order chi connectivity index (χ1) is 7.91. The summed E-state index contributed by atoms with van der Waals surface area (Å²) >= 11 is 0. The van der Waals surface area contributed by atoms with Gasteiger partial charge in [-0.15, -0.1) is 5.10 Å². The number of carbonyl (C=O) groups excluding carboxylic acids is 1. The van der Waals surface area contributed by atoms with Gasteiger partial charge in [-0.1, -0.05) is 19.1 Å². The third-order valence-corrected chi connectivity index (χ3v) is 2.34. The second-order valence-electron chi connectivity index (χ2n) is 4.25. The number of rotatable bonds is 6. The van der Waals surface area contributed by atoms with Gasteiger partial charge in [0.05, 0.1) is 5.69 Å². The third-order valence-electron chi connectivity index (χ3n) is 2.34. The largest absolute Gasteiger partial charge is 0.364 e. The molecule has 7 heteroatoms. The molecule has 0 atom stereocenters. The molecule has 0 unspecified atom stereocenters. The average Bonchev–Trinajstić information content (AvgIpc) is 2.57. The summed E-state index contributed by atoms with van der Waals surface area (Å²) in [5.41, 5.74) is 5.51. The summed E-state index contributed by atoms with van der Waals surface area (Å²) in [5.74, 6) is -0.338. The van der Waals surface area contributed by atoms with E-state index in [1.54, 1.807) is 0 Å². The Morgan fingerprint density at radius 2 is 2.12 bits per heavy atom. The zero-order valence-corrected chi connectivity index (χ0v) is 9.86. The van der Waals surface area contributed by atoms with Gasteiger partial charge in [-0.25, -0.2) is 13.5 Å². The van der Waals surface area contributed by atoms with Crippen LogP contribution in [-0.2, 0) is 13.0 Å². The second kappa shape index (κ2) is 5.70. The van der Waals surface area contributed by atoms with Gasteiger partial charge in [-0.3, -0.25) is 4.79 Å². The Bertz CT molecular complexity index is 390. The average molecular weight is 246 g/mol. The van der Waals surface area contributed by atoms with Crippen LogP contribution in [0.4, 0.5) is 8.78 Å². The van der Waals surface area contributed by atoms with E-state index in [-0.39, 0.29) is 5.69 Å². The van der Waals surface area contributed by atoms with Crippen molar-refractivity contribution in [3.8, 4) is 0 Å². The molecule has 1 aromatic heterocycles. The van der Waals surface area contributed by atoms with E-state index in [0.29, 0.717) is 18.0 Å². The molecule has 0 spiro atoms. The monoisotopic (exact) mass is 246 g/mol. The highest BCUT2D eigenvalue weighted by Crippen LogP contribution is 2.13. The van der Waals surface area contributed by atoms with E-state index < -0.39 is 18.9 Å². The lowest BCUT2D eigenvalue weighted by atomic mass is 10.1. The summed E-state index contributed by atoms with van der Waals surface area (Å²) in [7, 11) is 0. The summed E-state index contributed by atoms with van der Waals surface area (Å²) in [6, 6.07) is 0. The number of hydrogen-bond donors (Lipinski definition) is 1. The molecule has 0 bridgehead atoms. The van der Waals surface area contributed by atoms with Gasteiger partial charge in [0.1, 0.15) is 6.54 Å². The Hall–Kier alpha value is -1.53. The Labute approximate surface area is 98.0 Å². The number of nitrogens with two attached hydrogens (primary N) is 1. The quantitative estimate of drug-likeness (QED) is 0.820. The van der Waals surface area contributed by atoms with E-state index in [4.69, 9.17) is 5.73 Å². The standard InChI is InChI=1S/C10H16F2N4O/c1-6(2)3-4-7-9(10(13)17)14-15-16(7)5-8(11)12/h6,8H,3-5H2,1-2H3,(H2,13,17). The highest BCUT2D eigenvalue weighted by molar-refractivity contribution is 5.91. The van der Waals surface area contributed by atoms with Gasteiger partial charge in [0.15, 0.2) is 5.69 Å². The van der Waals surface area contributed by atoms with Crippen LogP contribution in [0.1, 0.15) is 36.5 Å². The Balaban J connectivity index is 2.93. The normalized spacial score (nSPS) is 11.4. The van der Waals surface area contributed by atoms with Gasteiger partial charge in [0.25, 0.3) is 12.3 Å². The number of carbonyl (C=O) groups is 1. The highest BCUT2D eigenvalue weighted by atomic mass is 19.3. The van der Waals surface area contributed by atoms with Crippen LogP contribution in [-0.4, -0.2) is 27.3 Å². The molecule has 0 saturated heterocycles. The number of amides is 1. The van der Waals surface area contributed by atoms with E-state index in [9.17, 15) is 13.6 Å². The summed E-state index contributed by atoms with van der Waals surface area (Å²) in [6.45, 7) is 3.45. The molecule has 1 rings (SSSR count). The van der Waals surface area contributed by atoms with Crippen molar-refractivity contribution in [3.63, 3.8) is 0 Å². The lowest BCUT2D eigenvalue weighted by molar-refractivity contribution is 0.0993. The minimum atomic E-state index is -2.53. The van der Waals surface area contributed by atoms with Gasteiger partial charge in [-0.05, 0) is 18.8 Å². The molecule has 0 aliphatic rings. The molecule has 1 amide bonds. The van der Waals surface area contributed by atoms with Gasteiger partial charge < -0.3 is 5.73 Å². The fraction of sp³-hybridized carbons (Fsp3) is 0.700. The van der Waals surface area contributed by atoms with Crippen LogP contribution < -0.4 is 5.73 Å². The number of hydrogen-bond acceptors (Lipinski definition) is 3. The molecule has 96 valence electrons. The van der Waals surface area contributed by atoms with Crippen molar-refractivity contribution in [2.75, 3.05) is 0 Å². The SMILES string of the molecule is CC(C)CCc1c(C(N)=O)nnn1CC(F)F. The smallest absolute Gasteiger partial charge is 0.271 e. The van der Waals surface area contributed by atoms with Gasteiger partial charge in [0.2, 0.25) is 0 Å². The van der Waals surface area contributed by atoms with Crippen LogP contribution in [0.5, 0.6) is 0 Å². The summed E-state index contributed by atoms with van der Waals surface area (Å²) in [6.07, 6.45) is -1.30. The van der Waals surface area contributed by atoms with Crippen LogP contribution in [0.3, 0.4) is 0 Å². The van der Waals surface area contributed by atoms with Crippen molar-refractivity contribution in [2.45, 2.75) is 39.7 Å². The van der Waals surface area contributed by atoms with Crippen LogP contribution in [0, 0.1) is 5.92 Å². The highest BCUT2D eigenvalue weighted by Gasteiger charge is 2.19. The maximum atomic E-state index is 12.3. The zero-order chi connectivity index (χ0) is 13.0. The molecule has 5 nitrogen and oxygen atoms in total. The minimum Gasteiger partial charge on any atom is -0.364 e. The zero-order valence-electron chi connectivity index (χ0n) is 9.86. The number of alkyl halides is 2. The van der Waals surface area contributed by atoms with E-state index >= 15 is 0 Å². The van der Waals surface area contributed by atoms with E-state index in [2.05, 4.69) is 10.3 Å². The molecular formula is C10H16F2N4O. The van der Waals surface area contributed by atoms with Crippen molar-refractivity contribution in [1.82, 2.24) is 15.0 Å². The third kappa shape index (κ3) is 3.76. The number of aromatic nitrogens is 3. The number of primary amides is 1. The maximum absolute atomic E-state index is 12.3. The molecule has 0 saturated carbocycles. The second-order valence-corrected chi connectivity index (χ2v) is 4.25. The van der Waals surface area contributed by atoms with Crippen LogP contribution >= 0.6 is 0 Å². The van der Waals surface area contributed by atoms with Crippen molar-refractivity contribution in [2.24, 2.45) is 11.7 Å². The van der Waals surface area contributed by atoms with E-state index in [0.717, 1.165) is 11.1 Å². The summed E-state index contributed by atoms with van der Waals surface area (Å²) < 4.78 is 25.7. The molecule has 1 aromatic rings. The Kier molecular flexibility index (Phi) is 4.53. The van der Waals surface area contributed by atoms with E-state index in [1.165, 1.54) is 0 Å². The molecule has 0 fully saturated rings. The molecule has 17 heavy (non-hydrogen) atoms. The molecule has 0 aliphatic carbocycles. The first kappa shape index (κ1) is 13.5. The lowest BCUT2D eigenvalue weighted by Crippen LogP contribution is -2.17. The molecular weight excluding hydrogens is 230 g/mol.